The third-order valence-corrected chi connectivity index (χ3v) is 5.18. The molecule has 1 atom stereocenters. The zero-order valence-electron chi connectivity index (χ0n) is 13.9. The van der Waals surface area contributed by atoms with Gasteiger partial charge in [0, 0.05) is 35.6 Å². The Hall–Kier alpha value is -2.16. The van der Waals surface area contributed by atoms with Crippen LogP contribution >= 0.6 is 0 Å². The SMILES string of the molecule is Cc1[nH]nc2c1C(c1ccccc1)C1=C(C2)CC(C)(C)CC1=O. The minimum Gasteiger partial charge on any atom is -0.294 e. The number of nitrogens with zero attached hydrogens (tertiary/aromatic N) is 1. The van der Waals surface area contributed by atoms with E-state index >= 15 is 0 Å². The van der Waals surface area contributed by atoms with E-state index in [-0.39, 0.29) is 11.3 Å². The van der Waals surface area contributed by atoms with Gasteiger partial charge in [0.25, 0.3) is 0 Å². The van der Waals surface area contributed by atoms with Crippen LogP contribution in [0.4, 0.5) is 0 Å². The van der Waals surface area contributed by atoms with Crippen molar-refractivity contribution in [1.29, 1.82) is 0 Å². The van der Waals surface area contributed by atoms with E-state index in [0.717, 1.165) is 29.8 Å². The average Bonchev–Trinajstić information content (AvgIpc) is 2.86. The molecule has 3 heteroatoms. The Bertz CT molecular complexity index is 811. The first-order valence-corrected chi connectivity index (χ1v) is 8.30. The largest absolute Gasteiger partial charge is 0.294 e. The number of fused-ring (bicyclic) bond motifs is 1. The summed E-state index contributed by atoms with van der Waals surface area (Å²) in [4.78, 5) is 13.0. The molecule has 0 spiro atoms. The molecule has 2 aliphatic carbocycles. The number of carbonyl (C=O) groups excluding carboxylic acids is 1. The Morgan fingerprint density at radius 3 is 2.65 bits per heavy atom. The number of aromatic nitrogens is 2. The van der Waals surface area contributed by atoms with E-state index in [1.54, 1.807) is 0 Å². The van der Waals surface area contributed by atoms with E-state index in [9.17, 15) is 4.79 Å². The summed E-state index contributed by atoms with van der Waals surface area (Å²) in [5, 5.41) is 7.66. The fourth-order valence-corrected chi connectivity index (χ4v) is 4.32. The molecular formula is C20H22N2O. The molecule has 3 nitrogen and oxygen atoms in total. The molecule has 0 radical (unpaired) electrons. The van der Waals surface area contributed by atoms with Crippen molar-refractivity contribution in [3.63, 3.8) is 0 Å². The average molecular weight is 306 g/mol. The maximum absolute atomic E-state index is 13.0. The van der Waals surface area contributed by atoms with Crippen molar-refractivity contribution in [2.75, 3.05) is 0 Å². The van der Waals surface area contributed by atoms with E-state index < -0.39 is 0 Å². The Morgan fingerprint density at radius 1 is 1.17 bits per heavy atom. The van der Waals surface area contributed by atoms with Crippen molar-refractivity contribution < 1.29 is 4.79 Å². The Morgan fingerprint density at radius 2 is 1.91 bits per heavy atom. The number of H-pyrrole nitrogens is 1. The third-order valence-electron chi connectivity index (χ3n) is 5.18. The zero-order chi connectivity index (χ0) is 16.2. The van der Waals surface area contributed by atoms with E-state index in [4.69, 9.17) is 0 Å². The predicted octanol–water partition coefficient (Wildman–Crippen LogP) is 4.09. The summed E-state index contributed by atoms with van der Waals surface area (Å²) in [7, 11) is 0. The second kappa shape index (κ2) is 4.92. The third kappa shape index (κ3) is 2.26. The first-order valence-electron chi connectivity index (χ1n) is 8.30. The van der Waals surface area contributed by atoms with Gasteiger partial charge in [-0.3, -0.25) is 9.89 Å². The second-order valence-electron chi connectivity index (χ2n) is 7.69. The Balaban J connectivity index is 1.94. The van der Waals surface area contributed by atoms with Crippen molar-refractivity contribution in [2.24, 2.45) is 5.41 Å². The predicted molar refractivity (Wildman–Crippen MR) is 90.4 cm³/mol. The lowest BCUT2D eigenvalue weighted by Gasteiger charge is -2.38. The smallest absolute Gasteiger partial charge is 0.160 e. The van der Waals surface area contributed by atoms with Crippen LogP contribution in [0.1, 0.15) is 55.1 Å². The monoisotopic (exact) mass is 306 g/mol. The van der Waals surface area contributed by atoms with Crippen molar-refractivity contribution in [1.82, 2.24) is 10.2 Å². The quantitative estimate of drug-likeness (QED) is 0.862. The first-order chi connectivity index (χ1) is 11.0. The maximum atomic E-state index is 13.0. The number of benzene rings is 1. The topological polar surface area (TPSA) is 45.8 Å². The summed E-state index contributed by atoms with van der Waals surface area (Å²) in [6.45, 7) is 6.44. The minimum atomic E-state index is 0.0392. The highest BCUT2D eigenvalue weighted by Gasteiger charge is 2.41. The van der Waals surface area contributed by atoms with Gasteiger partial charge < -0.3 is 0 Å². The highest BCUT2D eigenvalue weighted by atomic mass is 16.1. The summed E-state index contributed by atoms with van der Waals surface area (Å²) in [5.41, 5.74) is 6.98. The van der Waals surface area contributed by atoms with Crippen molar-refractivity contribution >= 4 is 5.78 Å². The fraction of sp³-hybridized carbons (Fsp3) is 0.400. The molecule has 23 heavy (non-hydrogen) atoms. The molecule has 1 heterocycles. The number of allylic oxidation sites excluding steroid dienone is 2. The summed E-state index contributed by atoms with van der Waals surface area (Å²) in [6.07, 6.45) is 2.44. The maximum Gasteiger partial charge on any atom is 0.160 e. The van der Waals surface area contributed by atoms with E-state index in [1.165, 1.54) is 16.7 Å². The summed E-state index contributed by atoms with van der Waals surface area (Å²) < 4.78 is 0. The molecule has 0 fully saturated rings. The fourth-order valence-electron chi connectivity index (χ4n) is 4.32. The number of ketones is 1. The number of Topliss-reactive ketones (excluding diaryl/α,β-unsaturated/α-hetero) is 1. The lowest BCUT2D eigenvalue weighted by atomic mass is 9.65. The standard InChI is InChI=1S/C20H22N2O/c1-12-17-15(22-21-12)9-14-10-20(2,3)11-16(23)18(14)19(17)13-7-5-4-6-8-13/h4-8,19H,9-11H2,1-3H3,(H,21,22). The van der Waals surface area contributed by atoms with Crippen LogP contribution < -0.4 is 0 Å². The van der Waals surface area contributed by atoms with Crippen LogP contribution in [0.15, 0.2) is 41.5 Å². The van der Waals surface area contributed by atoms with Gasteiger partial charge in [-0.15, -0.1) is 0 Å². The van der Waals surface area contributed by atoms with E-state index in [1.807, 2.05) is 6.07 Å². The molecular weight excluding hydrogens is 284 g/mol. The summed E-state index contributed by atoms with van der Waals surface area (Å²) >= 11 is 0. The highest BCUT2D eigenvalue weighted by molar-refractivity contribution is 6.00. The molecule has 1 unspecified atom stereocenters. The molecule has 0 amide bonds. The molecule has 1 aromatic heterocycles. The van der Waals surface area contributed by atoms with E-state index in [2.05, 4.69) is 55.2 Å². The summed E-state index contributed by atoms with van der Waals surface area (Å²) in [6, 6.07) is 10.4. The number of hydrogen-bond acceptors (Lipinski definition) is 2. The van der Waals surface area contributed by atoms with Crippen molar-refractivity contribution in [3.8, 4) is 0 Å². The lowest BCUT2D eigenvalue weighted by molar-refractivity contribution is -0.118. The van der Waals surface area contributed by atoms with Crippen LogP contribution in [0, 0.1) is 12.3 Å². The Kier molecular flexibility index (Phi) is 3.09. The number of nitrogens with one attached hydrogen (secondary N) is 1. The molecule has 2 aliphatic rings. The van der Waals surface area contributed by atoms with Gasteiger partial charge in [0.05, 0.1) is 5.69 Å². The van der Waals surface area contributed by atoms with Crippen molar-refractivity contribution in [3.05, 3.63) is 64.0 Å². The second-order valence-corrected chi connectivity index (χ2v) is 7.69. The number of carbonyl (C=O) groups is 1. The number of aromatic amines is 1. The van der Waals surface area contributed by atoms with Gasteiger partial charge in [-0.05, 0) is 24.3 Å². The van der Waals surface area contributed by atoms with Gasteiger partial charge in [-0.1, -0.05) is 49.8 Å². The van der Waals surface area contributed by atoms with Gasteiger partial charge in [0.2, 0.25) is 0 Å². The van der Waals surface area contributed by atoms with Crippen LogP contribution in [0.3, 0.4) is 0 Å². The number of aryl methyl sites for hydroxylation is 1. The molecule has 0 bridgehead atoms. The molecule has 0 aliphatic heterocycles. The van der Waals surface area contributed by atoms with Gasteiger partial charge in [-0.2, -0.15) is 5.10 Å². The molecule has 0 saturated heterocycles. The first kappa shape index (κ1) is 14.4. The normalized spacial score (nSPS) is 22.7. The van der Waals surface area contributed by atoms with Gasteiger partial charge in [0.15, 0.2) is 5.78 Å². The number of rotatable bonds is 1. The molecule has 2 aromatic rings. The minimum absolute atomic E-state index is 0.0392. The summed E-state index contributed by atoms with van der Waals surface area (Å²) in [5.74, 6) is 0.355. The molecule has 1 aromatic carbocycles. The molecule has 4 rings (SSSR count). The van der Waals surface area contributed by atoms with Gasteiger partial charge in [-0.25, -0.2) is 0 Å². The lowest BCUT2D eigenvalue weighted by Crippen LogP contribution is -2.32. The molecule has 1 N–H and O–H groups in total. The molecule has 0 saturated carbocycles. The highest BCUT2D eigenvalue weighted by Crippen LogP contribution is 2.49. The van der Waals surface area contributed by atoms with Crippen LogP contribution in [0.5, 0.6) is 0 Å². The number of hydrogen-bond donors (Lipinski definition) is 1. The van der Waals surface area contributed by atoms with E-state index in [0.29, 0.717) is 12.2 Å². The van der Waals surface area contributed by atoms with Crippen LogP contribution in [0.2, 0.25) is 0 Å². The van der Waals surface area contributed by atoms with Gasteiger partial charge in [0.1, 0.15) is 0 Å². The molecule has 118 valence electrons. The Labute approximate surface area is 136 Å². The zero-order valence-corrected chi connectivity index (χ0v) is 13.9. The van der Waals surface area contributed by atoms with Crippen LogP contribution in [-0.2, 0) is 11.2 Å². The van der Waals surface area contributed by atoms with Crippen LogP contribution in [0.25, 0.3) is 0 Å². The van der Waals surface area contributed by atoms with Gasteiger partial charge >= 0.3 is 0 Å². The van der Waals surface area contributed by atoms with Crippen LogP contribution in [-0.4, -0.2) is 16.0 Å². The van der Waals surface area contributed by atoms with Crippen molar-refractivity contribution in [2.45, 2.75) is 46.0 Å².